The molecule has 2 nitrogen and oxygen atoms in total. The van der Waals surface area contributed by atoms with Crippen molar-refractivity contribution in [2.45, 2.75) is 51.0 Å². The van der Waals surface area contributed by atoms with Crippen LogP contribution in [0.5, 0.6) is 0 Å². The third-order valence-corrected chi connectivity index (χ3v) is 4.36. The van der Waals surface area contributed by atoms with Gasteiger partial charge in [0.05, 0.1) is 11.6 Å². The molecule has 0 aliphatic heterocycles. The van der Waals surface area contributed by atoms with Crippen LogP contribution in [0, 0.1) is 17.2 Å². The number of nitriles is 1. The van der Waals surface area contributed by atoms with Gasteiger partial charge in [0.15, 0.2) is 0 Å². The minimum absolute atomic E-state index is 0.381. The Morgan fingerprint density at radius 2 is 1.83 bits per heavy atom. The molecule has 18 heavy (non-hydrogen) atoms. The summed E-state index contributed by atoms with van der Waals surface area (Å²) in [5.41, 5.74) is 8.27. The molecular weight excluding hydrogens is 220 g/mol. The zero-order valence-electron chi connectivity index (χ0n) is 11.1. The first kappa shape index (κ1) is 13.1. The second-order valence-electron chi connectivity index (χ2n) is 5.42. The van der Waals surface area contributed by atoms with Crippen LogP contribution in [0.3, 0.4) is 0 Å². The molecule has 0 amide bonds. The predicted octanol–water partition coefficient (Wildman–Crippen LogP) is 3.57. The Labute approximate surface area is 110 Å². The zero-order valence-corrected chi connectivity index (χ0v) is 11.1. The third kappa shape index (κ3) is 2.91. The topological polar surface area (TPSA) is 49.8 Å². The zero-order chi connectivity index (χ0) is 13.0. The average Bonchev–Trinajstić information content (AvgIpc) is 2.47. The van der Waals surface area contributed by atoms with E-state index >= 15 is 0 Å². The first-order chi connectivity index (χ1) is 8.74. The lowest BCUT2D eigenvalue weighted by Crippen LogP contribution is -2.32. The smallest absolute Gasteiger partial charge is 0.0991 e. The van der Waals surface area contributed by atoms with E-state index in [1.54, 1.807) is 0 Å². The fourth-order valence-electron chi connectivity index (χ4n) is 3.04. The standard InChI is InChI=1S/C16H22N2/c1-2-16(18)15-9-7-14(8-10-15)13-5-3-12(11-17)4-6-13/h3-6,14-16H,2,7-10,18H2,1H3. The molecule has 1 unspecified atom stereocenters. The maximum absolute atomic E-state index is 8.80. The molecule has 1 saturated carbocycles. The minimum atomic E-state index is 0.381. The molecule has 1 aliphatic carbocycles. The van der Waals surface area contributed by atoms with Crippen molar-refractivity contribution in [2.75, 3.05) is 0 Å². The predicted molar refractivity (Wildman–Crippen MR) is 74.1 cm³/mol. The Morgan fingerprint density at radius 3 is 2.33 bits per heavy atom. The molecule has 0 saturated heterocycles. The van der Waals surface area contributed by atoms with Gasteiger partial charge >= 0.3 is 0 Å². The second-order valence-corrected chi connectivity index (χ2v) is 5.42. The average molecular weight is 242 g/mol. The van der Waals surface area contributed by atoms with E-state index in [0.717, 1.165) is 12.0 Å². The fourth-order valence-corrected chi connectivity index (χ4v) is 3.04. The second kappa shape index (κ2) is 6.02. The molecule has 1 atom stereocenters. The van der Waals surface area contributed by atoms with E-state index in [1.807, 2.05) is 12.1 Å². The summed E-state index contributed by atoms with van der Waals surface area (Å²) in [4.78, 5) is 0. The largest absolute Gasteiger partial charge is 0.327 e. The summed E-state index contributed by atoms with van der Waals surface area (Å²) >= 11 is 0. The SMILES string of the molecule is CCC(N)C1CCC(c2ccc(C#N)cc2)CC1. The summed E-state index contributed by atoms with van der Waals surface area (Å²) in [6, 6.07) is 10.6. The number of benzene rings is 1. The van der Waals surface area contributed by atoms with E-state index in [-0.39, 0.29) is 0 Å². The number of nitrogens with two attached hydrogens (primary N) is 1. The maximum atomic E-state index is 8.80. The molecule has 1 fully saturated rings. The Bertz CT molecular complexity index is 408. The summed E-state index contributed by atoms with van der Waals surface area (Å²) in [5, 5.41) is 8.80. The van der Waals surface area contributed by atoms with Crippen LogP contribution in [0.15, 0.2) is 24.3 Å². The molecule has 0 radical (unpaired) electrons. The van der Waals surface area contributed by atoms with Crippen molar-refractivity contribution in [3.8, 4) is 6.07 Å². The van der Waals surface area contributed by atoms with Crippen LogP contribution in [-0.4, -0.2) is 6.04 Å². The van der Waals surface area contributed by atoms with Crippen LogP contribution in [0.25, 0.3) is 0 Å². The Balaban J connectivity index is 1.95. The Hall–Kier alpha value is -1.33. The highest BCUT2D eigenvalue weighted by molar-refractivity contribution is 5.33. The van der Waals surface area contributed by atoms with E-state index in [0.29, 0.717) is 17.9 Å². The van der Waals surface area contributed by atoms with Crippen molar-refractivity contribution < 1.29 is 0 Å². The summed E-state index contributed by atoms with van der Waals surface area (Å²) in [7, 11) is 0. The van der Waals surface area contributed by atoms with Crippen molar-refractivity contribution in [1.29, 1.82) is 5.26 Å². The number of nitrogens with zero attached hydrogens (tertiary/aromatic N) is 1. The highest BCUT2D eigenvalue weighted by atomic mass is 14.6. The molecule has 96 valence electrons. The van der Waals surface area contributed by atoms with Crippen LogP contribution < -0.4 is 5.73 Å². The molecule has 0 aromatic heterocycles. The molecule has 1 aromatic carbocycles. The van der Waals surface area contributed by atoms with Gasteiger partial charge in [-0.1, -0.05) is 19.1 Å². The van der Waals surface area contributed by atoms with Gasteiger partial charge in [-0.25, -0.2) is 0 Å². The third-order valence-electron chi connectivity index (χ3n) is 4.36. The van der Waals surface area contributed by atoms with Crippen molar-refractivity contribution in [1.82, 2.24) is 0 Å². The molecule has 0 heterocycles. The van der Waals surface area contributed by atoms with Gasteiger partial charge in [-0.05, 0) is 61.6 Å². The molecule has 1 aromatic rings. The number of hydrogen-bond acceptors (Lipinski definition) is 2. The van der Waals surface area contributed by atoms with Gasteiger partial charge in [0.2, 0.25) is 0 Å². The number of rotatable bonds is 3. The molecular formula is C16H22N2. The van der Waals surface area contributed by atoms with Crippen LogP contribution >= 0.6 is 0 Å². The lowest BCUT2D eigenvalue weighted by atomic mass is 9.75. The normalized spacial score (nSPS) is 25.4. The summed E-state index contributed by atoms with van der Waals surface area (Å²) in [6.45, 7) is 2.18. The minimum Gasteiger partial charge on any atom is -0.327 e. The van der Waals surface area contributed by atoms with Crippen molar-refractivity contribution >= 4 is 0 Å². The van der Waals surface area contributed by atoms with Gasteiger partial charge in [-0.15, -0.1) is 0 Å². The Kier molecular flexibility index (Phi) is 4.38. The molecule has 0 spiro atoms. The summed E-state index contributed by atoms with van der Waals surface area (Å²) in [5.74, 6) is 1.38. The summed E-state index contributed by atoms with van der Waals surface area (Å²) < 4.78 is 0. The van der Waals surface area contributed by atoms with Crippen LogP contribution in [-0.2, 0) is 0 Å². The highest BCUT2D eigenvalue weighted by Gasteiger charge is 2.25. The van der Waals surface area contributed by atoms with E-state index in [9.17, 15) is 0 Å². The lowest BCUT2D eigenvalue weighted by Gasteiger charge is -2.32. The highest BCUT2D eigenvalue weighted by Crippen LogP contribution is 2.37. The van der Waals surface area contributed by atoms with Gasteiger partial charge in [-0.2, -0.15) is 5.26 Å². The van der Waals surface area contributed by atoms with Crippen LogP contribution in [0.4, 0.5) is 0 Å². The molecule has 2 N–H and O–H groups in total. The maximum Gasteiger partial charge on any atom is 0.0991 e. The van der Waals surface area contributed by atoms with Gasteiger partial charge in [-0.3, -0.25) is 0 Å². The number of hydrogen-bond donors (Lipinski definition) is 1. The van der Waals surface area contributed by atoms with E-state index in [4.69, 9.17) is 11.0 Å². The molecule has 2 heteroatoms. The van der Waals surface area contributed by atoms with Crippen molar-refractivity contribution in [3.05, 3.63) is 35.4 Å². The first-order valence-electron chi connectivity index (χ1n) is 7.00. The van der Waals surface area contributed by atoms with E-state index < -0.39 is 0 Å². The lowest BCUT2D eigenvalue weighted by molar-refractivity contribution is 0.277. The van der Waals surface area contributed by atoms with Gasteiger partial charge in [0.1, 0.15) is 0 Å². The van der Waals surface area contributed by atoms with Crippen LogP contribution in [0.1, 0.15) is 56.1 Å². The van der Waals surface area contributed by atoms with E-state index in [2.05, 4.69) is 25.1 Å². The summed E-state index contributed by atoms with van der Waals surface area (Å²) in [6.07, 6.45) is 6.07. The Morgan fingerprint density at radius 1 is 1.22 bits per heavy atom. The molecule has 2 rings (SSSR count). The van der Waals surface area contributed by atoms with Crippen molar-refractivity contribution in [2.24, 2.45) is 11.7 Å². The van der Waals surface area contributed by atoms with Gasteiger partial charge in [0.25, 0.3) is 0 Å². The quantitative estimate of drug-likeness (QED) is 0.881. The van der Waals surface area contributed by atoms with E-state index in [1.165, 1.54) is 31.2 Å². The van der Waals surface area contributed by atoms with Crippen molar-refractivity contribution in [3.63, 3.8) is 0 Å². The van der Waals surface area contributed by atoms with Gasteiger partial charge < -0.3 is 5.73 Å². The molecule has 1 aliphatic rings. The molecule has 0 bridgehead atoms. The van der Waals surface area contributed by atoms with Gasteiger partial charge in [0, 0.05) is 6.04 Å². The monoisotopic (exact) mass is 242 g/mol. The van der Waals surface area contributed by atoms with Crippen LogP contribution in [0.2, 0.25) is 0 Å². The first-order valence-corrected chi connectivity index (χ1v) is 7.00. The fraction of sp³-hybridized carbons (Fsp3) is 0.562.